The maximum atomic E-state index is 13.7. The highest BCUT2D eigenvalue weighted by Gasteiger charge is 2.39. The Kier molecular flexibility index (Phi) is 13.6. The number of carbonyl (C=O) groups is 4. The molecule has 2 aliphatic rings. The summed E-state index contributed by atoms with van der Waals surface area (Å²) < 4.78 is 7.02. The summed E-state index contributed by atoms with van der Waals surface area (Å²) >= 11 is 0. The van der Waals surface area contributed by atoms with Crippen molar-refractivity contribution in [2.24, 2.45) is 11.8 Å². The van der Waals surface area contributed by atoms with Crippen LogP contribution >= 0.6 is 0 Å². The van der Waals surface area contributed by atoms with Crippen molar-refractivity contribution in [3.8, 4) is 50.6 Å². The molecule has 6 aromatic rings. The van der Waals surface area contributed by atoms with Gasteiger partial charge in [-0.25, -0.2) is 19.6 Å². The van der Waals surface area contributed by atoms with Crippen LogP contribution in [0.25, 0.3) is 50.6 Å². The number of hydrogen-bond donors (Lipinski definition) is 5. The quantitative estimate of drug-likeness (QED) is 0.0756. The summed E-state index contributed by atoms with van der Waals surface area (Å²) in [5.41, 5.74) is 9.84. The smallest absolute Gasteiger partial charge is 0.407 e. The summed E-state index contributed by atoms with van der Waals surface area (Å²) in [6.07, 6.45) is 7.15. The number of nitrogens with zero attached hydrogens (tertiary/aromatic N) is 5. The zero-order valence-corrected chi connectivity index (χ0v) is 40.2. The van der Waals surface area contributed by atoms with E-state index < -0.39 is 24.3 Å². The number of alkyl carbamates (subject to hydrolysis) is 1. The van der Waals surface area contributed by atoms with E-state index in [9.17, 15) is 24.3 Å². The summed E-state index contributed by atoms with van der Waals surface area (Å²) in [7, 11) is 1.29. The van der Waals surface area contributed by atoms with Crippen LogP contribution in [0.1, 0.15) is 103 Å². The lowest BCUT2D eigenvalue weighted by atomic mass is 9.86. The largest absolute Gasteiger partial charge is 0.465 e. The van der Waals surface area contributed by atoms with E-state index in [1.165, 1.54) is 12.7 Å². The summed E-state index contributed by atoms with van der Waals surface area (Å²) in [6, 6.07) is 25.6. The molecule has 0 bridgehead atoms. The predicted octanol–water partition coefficient (Wildman–Crippen LogP) is 9.89. The fourth-order valence-corrected chi connectivity index (χ4v) is 9.56. The number of aromatic amines is 2. The van der Waals surface area contributed by atoms with Gasteiger partial charge in [0.05, 0.1) is 36.3 Å². The zero-order chi connectivity index (χ0) is 48.4. The number of ether oxygens (including phenoxy) is 1. The third-order valence-electron chi connectivity index (χ3n) is 13.3. The Bertz CT molecular complexity index is 2740. The zero-order valence-electron chi connectivity index (χ0n) is 40.2. The summed E-state index contributed by atoms with van der Waals surface area (Å²) in [5.74, 6) is 0.690. The topological polar surface area (TPSA) is 191 Å². The van der Waals surface area contributed by atoms with Gasteiger partial charge in [0, 0.05) is 54.1 Å². The Labute approximate surface area is 397 Å². The number of amides is 4. The highest BCUT2D eigenvalue weighted by molar-refractivity contribution is 5.87. The Balaban J connectivity index is 1.04. The molecule has 0 unspecified atom stereocenters. The standard InChI is InChI=1S/C53H63N9O6/c1-31(2)44(58-51(65)66)49(63)61-26-9-11-42(61)47-54-29-40(56-47)34-15-13-33(14-16-34)39-25-28-60(46(39)36-17-21-37(22-18-36)53(5,6)7)38-23-19-35(20-24-38)41-30-55-48(57-41)43-12-10-27-62(43)50(64)45(32(3)4)59-52(67)68-8/h13-25,28-32,42-45,58H,9-12,26-27H2,1-8H3,(H,54,56)(H,55,57)(H,59,67)(H,65,66)/t42-,43-,44-,45-/m0/s1. The van der Waals surface area contributed by atoms with Gasteiger partial charge >= 0.3 is 12.2 Å². The minimum Gasteiger partial charge on any atom is -0.465 e. The second kappa shape index (κ2) is 19.6. The molecule has 8 rings (SSSR count). The van der Waals surface area contributed by atoms with Gasteiger partial charge in [-0.2, -0.15) is 0 Å². The van der Waals surface area contributed by atoms with Crippen molar-refractivity contribution < 1.29 is 29.0 Å². The number of H-pyrrole nitrogens is 2. The van der Waals surface area contributed by atoms with Crippen LogP contribution in [0.3, 0.4) is 0 Å². The summed E-state index contributed by atoms with van der Waals surface area (Å²) in [6.45, 7) is 15.2. The van der Waals surface area contributed by atoms with Gasteiger partial charge in [0.25, 0.3) is 0 Å². The lowest BCUT2D eigenvalue weighted by molar-refractivity contribution is -0.136. The Morgan fingerprint density at radius 1 is 0.676 bits per heavy atom. The maximum absolute atomic E-state index is 13.7. The number of benzene rings is 3. The third-order valence-corrected chi connectivity index (χ3v) is 13.3. The van der Waals surface area contributed by atoms with Crippen LogP contribution in [0.2, 0.25) is 0 Å². The van der Waals surface area contributed by atoms with E-state index in [2.05, 4.69) is 131 Å². The highest BCUT2D eigenvalue weighted by atomic mass is 16.5. The molecule has 15 nitrogen and oxygen atoms in total. The van der Waals surface area contributed by atoms with Gasteiger partial charge in [-0.3, -0.25) is 9.59 Å². The van der Waals surface area contributed by atoms with Crippen LogP contribution in [0.4, 0.5) is 9.59 Å². The highest BCUT2D eigenvalue weighted by Crippen LogP contribution is 2.39. The number of rotatable bonds is 13. The van der Waals surface area contributed by atoms with Crippen molar-refractivity contribution in [2.75, 3.05) is 20.2 Å². The molecule has 3 aromatic carbocycles. The molecule has 5 N–H and O–H groups in total. The first-order valence-corrected chi connectivity index (χ1v) is 23.6. The minimum absolute atomic E-state index is 0.00327. The number of carbonyl (C=O) groups excluding carboxylic acids is 3. The number of carboxylic acid groups (broad SMARTS) is 1. The van der Waals surface area contributed by atoms with E-state index in [4.69, 9.17) is 14.7 Å². The predicted molar refractivity (Wildman–Crippen MR) is 262 cm³/mol. The van der Waals surface area contributed by atoms with Gasteiger partial charge in [-0.15, -0.1) is 0 Å². The van der Waals surface area contributed by atoms with Gasteiger partial charge < -0.3 is 44.8 Å². The van der Waals surface area contributed by atoms with E-state index in [1.807, 2.05) is 45.0 Å². The van der Waals surface area contributed by atoms with Crippen LogP contribution in [-0.4, -0.2) is 95.7 Å². The summed E-state index contributed by atoms with van der Waals surface area (Å²) in [4.78, 5) is 71.1. The number of aromatic nitrogens is 5. The summed E-state index contributed by atoms with van der Waals surface area (Å²) in [5, 5.41) is 14.5. The monoisotopic (exact) mass is 921 g/mol. The fraction of sp³-hybridized carbons (Fsp3) is 0.396. The van der Waals surface area contributed by atoms with Crippen LogP contribution in [-0.2, 0) is 19.7 Å². The SMILES string of the molecule is COC(=O)N[C@H](C(=O)N1CCC[C@H]1c1nc(-c2ccc(-n3ccc(-c4ccc(-c5c[nH]c([C@@H]6CCCN6C(=O)[C@@H](NC(=O)O)C(C)C)n5)cc4)c3-c3ccc(C(C)(C)C)cc3)cc2)c[nH]1)C(C)C. The van der Waals surface area contributed by atoms with Crippen LogP contribution in [0, 0.1) is 11.8 Å². The molecule has 0 saturated carbocycles. The average molecular weight is 922 g/mol. The van der Waals surface area contributed by atoms with Crippen LogP contribution < -0.4 is 10.6 Å². The normalized spacial score (nSPS) is 17.1. The molecule has 0 aliphatic carbocycles. The van der Waals surface area contributed by atoms with Gasteiger partial charge in [-0.05, 0) is 77.8 Å². The maximum Gasteiger partial charge on any atom is 0.407 e. The first-order chi connectivity index (χ1) is 32.5. The minimum atomic E-state index is -1.22. The van der Waals surface area contributed by atoms with Crippen molar-refractivity contribution in [2.45, 2.75) is 104 Å². The second-order valence-electron chi connectivity index (χ2n) is 19.6. The first-order valence-electron chi connectivity index (χ1n) is 23.6. The van der Waals surface area contributed by atoms with E-state index in [0.29, 0.717) is 24.7 Å². The van der Waals surface area contributed by atoms with Crippen LogP contribution in [0.15, 0.2) is 97.5 Å². The molecule has 2 saturated heterocycles. The molecule has 2 fully saturated rings. The second-order valence-corrected chi connectivity index (χ2v) is 19.6. The molecule has 5 heterocycles. The van der Waals surface area contributed by atoms with Crippen molar-refractivity contribution in [3.63, 3.8) is 0 Å². The molecular weight excluding hydrogens is 859 g/mol. The van der Waals surface area contributed by atoms with Gasteiger partial charge in [0.2, 0.25) is 11.8 Å². The third kappa shape index (κ3) is 9.78. The van der Waals surface area contributed by atoms with Gasteiger partial charge in [0.1, 0.15) is 23.7 Å². The number of methoxy groups -OCH3 is 1. The van der Waals surface area contributed by atoms with Crippen molar-refractivity contribution in [1.29, 1.82) is 0 Å². The van der Waals surface area contributed by atoms with E-state index in [-0.39, 0.29) is 41.1 Å². The Morgan fingerprint density at radius 3 is 1.62 bits per heavy atom. The molecular formula is C53H63N9O6. The number of likely N-dealkylation sites (tertiary alicyclic amines) is 2. The van der Waals surface area contributed by atoms with E-state index in [1.54, 1.807) is 4.90 Å². The Hall–Kier alpha value is -7.16. The number of hydrogen-bond acceptors (Lipinski definition) is 7. The van der Waals surface area contributed by atoms with Gasteiger partial charge in [-0.1, -0.05) is 109 Å². The molecule has 3 aromatic heterocycles. The molecule has 0 spiro atoms. The Morgan fingerprint density at radius 2 is 1.15 bits per heavy atom. The van der Waals surface area contributed by atoms with E-state index in [0.717, 1.165) is 76.3 Å². The molecule has 15 heteroatoms. The number of imidazole rings is 2. The molecule has 4 atom stereocenters. The molecule has 356 valence electrons. The lowest BCUT2D eigenvalue weighted by Crippen LogP contribution is -2.51. The van der Waals surface area contributed by atoms with Crippen molar-refractivity contribution >= 4 is 24.0 Å². The molecule has 0 radical (unpaired) electrons. The van der Waals surface area contributed by atoms with Crippen molar-refractivity contribution in [3.05, 3.63) is 115 Å². The van der Waals surface area contributed by atoms with Crippen LogP contribution in [0.5, 0.6) is 0 Å². The van der Waals surface area contributed by atoms with Gasteiger partial charge in [0.15, 0.2) is 0 Å². The first kappa shape index (κ1) is 47.3. The number of nitrogens with one attached hydrogen (secondary N) is 4. The molecule has 68 heavy (non-hydrogen) atoms. The lowest BCUT2D eigenvalue weighted by Gasteiger charge is -2.29. The molecule has 4 amide bonds. The average Bonchev–Trinajstić information content (AvgIpc) is 4.18. The van der Waals surface area contributed by atoms with E-state index >= 15 is 0 Å². The van der Waals surface area contributed by atoms with Crippen molar-refractivity contribution in [1.82, 2.24) is 44.9 Å². The molecule has 2 aliphatic heterocycles. The fourth-order valence-electron chi connectivity index (χ4n) is 9.56.